The van der Waals surface area contributed by atoms with Crippen LogP contribution in [0, 0.1) is 0 Å². The average molecular weight is 304 g/mol. The molecule has 1 aromatic heterocycles. The summed E-state index contributed by atoms with van der Waals surface area (Å²) in [6.07, 6.45) is 3.01. The number of carbonyl (C=O) groups excluding carboxylic acids is 1. The first kappa shape index (κ1) is 15.3. The van der Waals surface area contributed by atoms with Crippen LogP contribution in [0.15, 0.2) is 42.6 Å². The summed E-state index contributed by atoms with van der Waals surface area (Å²) in [4.78, 5) is 15.7. The molecule has 0 atom stereocenters. The number of pyridine rings is 1. The van der Waals surface area contributed by atoms with Gasteiger partial charge >= 0.3 is 0 Å². The van der Waals surface area contributed by atoms with Crippen LogP contribution >= 0.6 is 11.6 Å². The molecule has 1 amide bonds. The summed E-state index contributed by atoms with van der Waals surface area (Å²) in [6.45, 7) is 2.65. The van der Waals surface area contributed by atoms with E-state index in [1.54, 1.807) is 6.20 Å². The summed E-state index contributed by atoms with van der Waals surface area (Å²) in [5, 5.41) is 6.75. The third-order valence-electron chi connectivity index (χ3n) is 2.91. The van der Waals surface area contributed by atoms with Crippen LogP contribution in [0.2, 0.25) is 5.02 Å². The molecule has 0 aliphatic carbocycles. The molecule has 0 saturated carbocycles. The van der Waals surface area contributed by atoms with Crippen molar-refractivity contribution >= 4 is 29.0 Å². The Hall–Kier alpha value is -2.07. The molecule has 110 valence electrons. The Bertz CT molecular complexity index is 581. The summed E-state index contributed by atoms with van der Waals surface area (Å²) >= 11 is 5.84. The number of benzene rings is 1. The Labute approximate surface area is 129 Å². The molecule has 1 heterocycles. The van der Waals surface area contributed by atoms with E-state index in [4.69, 9.17) is 11.6 Å². The zero-order chi connectivity index (χ0) is 15.1. The maximum Gasteiger partial charge on any atom is 0.224 e. The molecule has 0 unspecified atom stereocenters. The third-order valence-corrected chi connectivity index (χ3v) is 3.16. The minimum Gasteiger partial charge on any atom is -0.366 e. The van der Waals surface area contributed by atoms with Gasteiger partial charge in [0.15, 0.2) is 0 Å². The number of hydrogen-bond donors (Lipinski definition) is 2. The molecule has 2 rings (SSSR count). The van der Waals surface area contributed by atoms with Gasteiger partial charge in [0.2, 0.25) is 5.91 Å². The lowest BCUT2D eigenvalue weighted by atomic mass is 10.2. The predicted molar refractivity (Wildman–Crippen MR) is 86.6 cm³/mol. The lowest BCUT2D eigenvalue weighted by Gasteiger charge is -2.08. The minimum atomic E-state index is 0.0150. The van der Waals surface area contributed by atoms with Crippen molar-refractivity contribution in [1.82, 2.24) is 4.98 Å². The van der Waals surface area contributed by atoms with Crippen LogP contribution in [0.3, 0.4) is 0 Å². The van der Waals surface area contributed by atoms with Crippen molar-refractivity contribution in [2.45, 2.75) is 26.3 Å². The first-order valence-electron chi connectivity index (χ1n) is 6.91. The second-order valence-corrected chi connectivity index (χ2v) is 5.15. The number of halogens is 1. The second-order valence-electron chi connectivity index (χ2n) is 4.71. The monoisotopic (exact) mass is 303 g/mol. The van der Waals surface area contributed by atoms with Gasteiger partial charge in [0.1, 0.15) is 5.82 Å². The van der Waals surface area contributed by atoms with E-state index in [2.05, 4.69) is 15.6 Å². The van der Waals surface area contributed by atoms with Crippen molar-refractivity contribution in [2.75, 3.05) is 10.6 Å². The zero-order valence-corrected chi connectivity index (χ0v) is 12.7. The van der Waals surface area contributed by atoms with Gasteiger partial charge in [-0.25, -0.2) is 4.98 Å². The van der Waals surface area contributed by atoms with Crippen molar-refractivity contribution in [1.29, 1.82) is 0 Å². The van der Waals surface area contributed by atoms with E-state index in [0.29, 0.717) is 18.7 Å². The van der Waals surface area contributed by atoms with E-state index < -0.39 is 0 Å². The molecule has 0 fully saturated rings. The first-order valence-corrected chi connectivity index (χ1v) is 7.29. The Kier molecular flexibility index (Phi) is 5.58. The SMILES string of the molecule is CCCC(=O)Nc1ccc(NCc2ccc(Cl)cc2)nc1. The fourth-order valence-electron chi connectivity index (χ4n) is 1.82. The number of carbonyl (C=O) groups is 1. The number of aromatic nitrogens is 1. The van der Waals surface area contributed by atoms with E-state index in [0.717, 1.165) is 22.8 Å². The molecule has 2 N–H and O–H groups in total. The molecule has 2 aromatic rings. The normalized spacial score (nSPS) is 10.2. The number of nitrogens with zero attached hydrogens (tertiary/aromatic N) is 1. The number of hydrogen-bond acceptors (Lipinski definition) is 3. The minimum absolute atomic E-state index is 0.0150. The molecule has 1 aromatic carbocycles. The summed E-state index contributed by atoms with van der Waals surface area (Å²) in [6, 6.07) is 11.3. The molecule has 4 nitrogen and oxygen atoms in total. The molecular formula is C16H18ClN3O. The van der Waals surface area contributed by atoms with Crippen molar-refractivity contribution in [2.24, 2.45) is 0 Å². The van der Waals surface area contributed by atoms with Gasteiger partial charge in [-0.1, -0.05) is 30.7 Å². The number of rotatable bonds is 6. The maximum atomic E-state index is 11.5. The molecule has 5 heteroatoms. The average Bonchev–Trinajstić information content (AvgIpc) is 2.48. The van der Waals surface area contributed by atoms with Crippen LogP contribution in [0.25, 0.3) is 0 Å². The summed E-state index contributed by atoms with van der Waals surface area (Å²) < 4.78 is 0. The van der Waals surface area contributed by atoms with Crippen LogP contribution in [-0.4, -0.2) is 10.9 Å². The van der Waals surface area contributed by atoms with Crippen LogP contribution in [0.1, 0.15) is 25.3 Å². The smallest absolute Gasteiger partial charge is 0.224 e. The van der Waals surface area contributed by atoms with Crippen LogP contribution in [-0.2, 0) is 11.3 Å². The van der Waals surface area contributed by atoms with Crippen LogP contribution in [0.5, 0.6) is 0 Å². The molecule has 0 bridgehead atoms. The van der Waals surface area contributed by atoms with Crippen molar-refractivity contribution < 1.29 is 4.79 Å². The van der Waals surface area contributed by atoms with Gasteiger partial charge in [-0.05, 0) is 36.2 Å². The van der Waals surface area contributed by atoms with E-state index in [1.807, 2.05) is 43.3 Å². The molecule has 21 heavy (non-hydrogen) atoms. The summed E-state index contributed by atoms with van der Waals surface area (Å²) in [7, 11) is 0. The molecular weight excluding hydrogens is 286 g/mol. The highest BCUT2D eigenvalue weighted by atomic mass is 35.5. The van der Waals surface area contributed by atoms with E-state index in [1.165, 1.54) is 0 Å². The van der Waals surface area contributed by atoms with Crippen molar-refractivity contribution in [3.05, 3.63) is 53.2 Å². The van der Waals surface area contributed by atoms with E-state index in [9.17, 15) is 4.79 Å². The zero-order valence-electron chi connectivity index (χ0n) is 11.9. The van der Waals surface area contributed by atoms with Gasteiger partial charge in [0, 0.05) is 18.0 Å². The molecule has 0 radical (unpaired) electrons. The summed E-state index contributed by atoms with van der Waals surface area (Å²) in [5.41, 5.74) is 1.84. The lowest BCUT2D eigenvalue weighted by molar-refractivity contribution is -0.116. The predicted octanol–water partition coefficient (Wildman–Crippen LogP) is 4.09. The number of amides is 1. The van der Waals surface area contributed by atoms with Gasteiger partial charge < -0.3 is 10.6 Å². The van der Waals surface area contributed by atoms with E-state index >= 15 is 0 Å². The van der Waals surface area contributed by atoms with Gasteiger partial charge in [-0.3, -0.25) is 4.79 Å². The van der Waals surface area contributed by atoms with Crippen LogP contribution < -0.4 is 10.6 Å². The standard InChI is InChI=1S/C16H18ClN3O/c1-2-3-16(21)20-14-8-9-15(19-11-14)18-10-12-4-6-13(17)7-5-12/h4-9,11H,2-3,10H2,1H3,(H,18,19)(H,20,21). The Morgan fingerprint density at radius 2 is 1.95 bits per heavy atom. The number of nitrogens with one attached hydrogen (secondary N) is 2. The number of anilines is 2. The van der Waals surface area contributed by atoms with Gasteiger partial charge in [0.05, 0.1) is 11.9 Å². The molecule has 0 saturated heterocycles. The molecule has 0 spiro atoms. The second kappa shape index (κ2) is 7.64. The fraction of sp³-hybridized carbons (Fsp3) is 0.250. The Morgan fingerprint density at radius 1 is 1.19 bits per heavy atom. The third kappa shape index (κ3) is 5.08. The highest BCUT2D eigenvalue weighted by Crippen LogP contribution is 2.13. The lowest BCUT2D eigenvalue weighted by Crippen LogP contribution is -2.11. The van der Waals surface area contributed by atoms with Crippen molar-refractivity contribution in [3.8, 4) is 0 Å². The van der Waals surface area contributed by atoms with Crippen molar-refractivity contribution in [3.63, 3.8) is 0 Å². The molecule has 0 aliphatic heterocycles. The topological polar surface area (TPSA) is 54.0 Å². The van der Waals surface area contributed by atoms with E-state index in [-0.39, 0.29) is 5.91 Å². The largest absolute Gasteiger partial charge is 0.366 e. The molecule has 0 aliphatic rings. The Morgan fingerprint density at radius 3 is 2.57 bits per heavy atom. The van der Waals surface area contributed by atoms with Gasteiger partial charge in [0.25, 0.3) is 0 Å². The van der Waals surface area contributed by atoms with Crippen LogP contribution in [0.4, 0.5) is 11.5 Å². The summed E-state index contributed by atoms with van der Waals surface area (Å²) in [5.74, 6) is 0.777. The highest BCUT2D eigenvalue weighted by Gasteiger charge is 2.01. The Balaban J connectivity index is 1.87. The maximum absolute atomic E-state index is 11.5. The highest BCUT2D eigenvalue weighted by molar-refractivity contribution is 6.30. The first-order chi connectivity index (χ1) is 10.2. The van der Waals surface area contributed by atoms with Gasteiger partial charge in [-0.15, -0.1) is 0 Å². The quantitative estimate of drug-likeness (QED) is 0.845. The van der Waals surface area contributed by atoms with Gasteiger partial charge in [-0.2, -0.15) is 0 Å². The fourth-order valence-corrected chi connectivity index (χ4v) is 1.94.